The highest BCUT2D eigenvalue weighted by atomic mass is 16.5. The highest BCUT2D eigenvalue weighted by Gasteiger charge is 2.24. The lowest BCUT2D eigenvalue weighted by molar-refractivity contribution is 0.321. The van der Waals surface area contributed by atoms with Crippen LogP contribution >= 0.6 is 0 Å². The molecule has 5 nitrogen and oxygen atoms in total. The topological polar surface area (TPSA) is 66.7 Å². The minimum absolute atomic E-state index is 0.0844. The molecule has 4 rings (SSSR count). The van der Waals surface area contributed by atoms with Gasteiger partial charge in [-0.3, -0.25) is 0 Å². The van der Waals surface area contributed by atoms with E-state index in [9.17, 15) is 0 Å². The van der Waals surface area contributed by atoms with Gasteiger partial charge in [0.2, 0.25) is 11.7 Å². The van der Waals surface area contributed by atoms with Crippen molar-refractivity contribution in [3.8, 4) is 11.5 Å². The van der Waals surface area contributed by atoms with Gasteiger partial charge in [-0.25, -0.2) is 0 Å². The molecular weight excluding hydrogens is 252 g/mol. The van der Waals surface area contributed by atoms with Gasteiger partial charge < -0.3 is 14.8 Å². The van der Waals surface area contributed by atoms with Crippen molar-refractivity contribution in [2.24, 2.45) is 0 Å². The second-order valence-corrected chi connectivity index (χ2v) is 4.95. The monoisotopic (exact) mass is 266 g/mol. The largest absolute Gasteiger partial charge is 0.359 e. The summed E-state index contributed by atoms with van der Waals surface area (Å²) in [6.07, 6.45) is 2.73. The summed E-state index contributed by atoms with van der Waals surface area (Å²) >= 11 is 0. The van der Waals surface area contributed by atoms with Gasteiger partial charge in [0, 0.05) is 12.7 Å². The predicted octanol–water partition coefficient (Wildman–Crippen LogP) is 2.45. The lowest BCUT2D eigenvalue weighted by atomic mass is 9.96. The van der Waals surface area contributed by atoms with E-state index in [1.165, 1.54) is 11.1 Å². The molecule has 3 aromatic rings. The Balaban J connectivity index is 1.60. The van der Waals surface area contributed by atoms with E-state index in [2.05, 4.69) is 44.7 Å². The van der Waals surface area contributed by atoms with Crippen LogP contribution in [0.15, 0.2) is 47.1 Å². The summed E-state index contributed by atoms with van der Waals surface area (Å²) in [4.78, 5) is 7.56. The molecule has 1 aromatic carbocycles. The zero-order chi connectivity index (χ0) is 13.4. The van der Waals surface area contributed by atoms with Crippen LogP contribution in [0.25, 0.3) is 11.5 Å². The summed E-state index contributed by atoms with van der Waals surface area (Å²) in [5.41, 5.74) is 3.56. The van der Waals surface area contributed by atoms with Gasteiger partial charge in [-0.2, -0.15) is 4.98 Å². The number of hydrogen-bond acceptors (Lipinski definition) is 4. The molecule has 1 aliphatic heterocycles. The molecule has 0 aliphatic carbocycles. The normalized spacial score (nSPS) is 17.9. The third-order valence-corrected chi connectivity index (χ3v) is 3.66. The van der Waals surface area contributed by atoms with E-state index in [0.29, 0.717) is 11.7 Å². The molecule has 0 saturated heterocycles. The first kappa shape index (κ1) is 11.4. The maximum atomic E-state index is 5.40. The van der Waals surface area contributed by atoms with E-state index in [0.717, 1.165) is 18.7 Å². The van der Waals surface area contributed by atoms with Crippen LogP contribution in [0.1, 0.15) is 23.1 Å². The summed E-state index contributed by atoms with van der Waals surface area (Å²) in [6, 6.07) is 12.4. The number of fused-ring (bicyclic) bond motifs is 1. The zero-order valence-corrected chi connectivity index (χ0v) is 10.8. The molecule has 1 unspecified atom stereocenters. The highest BCUT2D eigenvalue weighted by molar-refractivity contribution is 5.48. The number of rotatable bonds is 2. The van der Waals surface area contributed by atoms with Gasteiger partial charge in [-0.05, 0) is 29.7 Å². The quantitative estimate of drug-likeness (QED) is 0.747. The van der Waals surface area contributed by atoms with E-state index in [4.69, 9.17) is 4.52 Å². The molecule has 2 N–H and O–H groups in total. The van der Waals surface area contributed by atoms with Crippen molar-refractivity contribution in [1.82, 2.24) is 20.4 Å². The van der Waals surface area contributed by atoms with Crippen LogP contribution in [0, 0.1) is 0 Å². The summed E-state index contributed by atoms with van der Waals surface area (Å²) < 4.78 is 5.40. The van der Waals surface area contributed by atoms with Crippen molar-refractivity contribution in [2.75, 3.05) is 0 Å². The van der Waals surface area contributed by atoms with Gasteiger partial charge in [0.25, 0.3) is 0 Å². The van der Waals surface area contributed by atoms with Gasteiger partial charge in [-0.1, -0.05) is 29.4 Å². The summed E-state index contributed by atoms with van der Waals surface area (Å²) in [5, 5.41) is 7.48. The Bertz CT molecular complexity index is 717. The first-order valence-electron chi connectivity index (χ1n) is 6.68. The molecule has 2 aromatic heterocycles. The number of benzene rings is 1. The third kappa shape index (κ3) is 1.92. The second kappa shape index (κ2) is 4.61. The van der Waals surface area contributed by atoms with Crippen LogP contribution in [-0.4, -0.2) is 15.1 Å². The van der Waals surface area contributed by atoms with Crippen molar-refractivity contribution in [2.45, 2.75) is 19.0 Å². The van der Waals surface area contributed by atoms with Crippen molar-refractivity contribution >= 4 is 0 Å². The molecule has 1 atom stereocenters. The van der Waals surface area contributed by atoms with E-state index >= 15 is 0 Å². The fraction of sp³-hybridized carbons (Fsp3) is 0.200. The van der Waals surface area contributed by atoms with Crippen LogP contribution in [0.3, 0.4) is 0 Å². The smallest absolute Gasteiger partial charge is 0.244 e. The molecule has 1 aliphatic rings. The highest BCUT2D eigenvalue weighted by Crippen LogP contribution is 2.26. The Morgan fingerprint density at radius 3 is 2.85 bits per heavy atom. The maximum absolute atomic E-state index is 5.40. The molecule has 0 fully saturated rings. The predicted molar refractivity (Wildman–Crippen MR) is 73.8 cm³/mol. The molecule has 100 valence electrons. The fourth-order valence-electron chi connectivity index (χ4n) is 2.58. The number of nitrogens with zero attached hydrogens (tertiary/aromatic N) is 2. The van der Waals surface area contributed by atoms with Crippen LogP contribution in [0.4, 0.5) is 0 Å². The fourth-order valence-corrected chi connectivity index (χ4v) is 2.58. The van der Waals surface area contributed by atoms with E-state index in [1.807, 2.05) is 18.3 Å². The molecule has 0 spiro atoms. The zero-order valence-electron chi connectivity index (χ0n) is 10.8. The van der Waals surface area contributed by atoms with Crippen LogP contribution < -0.4 is 5.32 Å². The Morgan fingerprint density at radius 2 is 2.00 bits per heavy atom. The standard InChI is InChI=1S/C15H14N4O/c1-2-5-11-9-17-13(8-10(11)4-1)15-18-14(19-20-15)12-6-3-7-16-12/h1-7,13,16-17H,8-9H2. The lowest BCUT2D eigenvalue weighted by Gasteiger charge is -2.23. The van der Waals surface area contributed by atoms with Gasteiger partial charge >= 0.3 is 0 Å². The third-order valence-electron chi connectivity index (χ3n) is 3.66. The van der Waals surface area contributed by atoms with Crippen molar-refractivity contribution < 1.29 is 4.52 Å². The van der Waals surface area contributed by atoms with Gasteiger partial charge in [0.15, 0.2) is 0 Å². The van der Waals surface area contributed by atoms with Crippen molar-refractivity contribution in [3.63, 3.8) is 0 Å². The van der Waals surface area contributed by atoms with Gasteiger partial charge in [-0.15, -0.1) is 0 Å². The average molecular weight is 266 g/mol. The van der Waals surface area contributed by atoms with Crippen molar-refractivity contribution in [1.29, 1.82) is 0 Å². The Kier molecular flexibility index (Phi) is 2.63. The number of aromatic amines is 1. The first-order valence-corrected chi connectivity index (χ1v) is 6.68. The van der Waals surface area contributed by atoms with Crippen LogP contribution in [0.2, 0.25) is 0 Å². The average Bonchev–Trinajstić information content (AvgIpc) is 3.17. The van der Waals surface area contributed by atoms with Gasteiger partial charge in [0.1, 0.15) is 0 Å². The molecular formula is C15H14N4O. The number of hydrogen-bond donors (Lipinski definition) is 2. The molecule has 3 heterocycles. The Morgan fingerprint density at radius 1 is 1.10 bits per heavy atom. The molecule has 5 heteroatoms. The number of aromatic nitrogens is 3. The molecule has 0 saturated carbocycles. The van der Waals surface area contributed by atoms with Gasteiger partial charge in [0.05, 0.1) is 11.7 Å². The number of nitrogens with one attached hydrogen (secondary N) is 2. The minimum Gasteiger partial charge on any atom is -0.359 e. The molecule has 20 heavy (non-hydrogen) atoms. The summed E-state index contributed by atoms with van der Waals surface area (Å²) in [7, 11) is 0. The minimum atomic E-state index is 0.0844. The molecule has 0 radical (unpaired) electrons. The second-order valence-electron chi connectivity index (χ2n) is 4.95. The summed E-state index contributed by atoms with van der Waals surface area (Å²) in [5.74, 6) is 1.25. The van der Waals surface area contributed by atoms with E-state index in [1.54, 1.807) is 0 Å². The molecule has 0 bridgehead atoms. The van der Waals surface area contributed by atoms with Crippen LogP contribution in [-0.2, 0) is 13.0 Å². The van der Waals surface area contributed by atoms with E-state index in [-0.39, 0.29) is 6.04 Å². The Hall–Kier alpha value is -2.40. The maximum Gasteiger partial charge on any atom is 0.244 e. The van der Waals surface area contributed by atoms with Crippen molar-refractivity contribution in [3.05, 3.63) is 59.6 Å². The first-order chi connectivity index (χ1) is 9.90. The van der Waals surface area contributed by atoms with E-state index < -0.39 is 0 Å². The van der Waals surface area contributed by atoms with Crippen LogP contribution in [0.5, 0.6) is 0 Å². The number of H-pyrrole nitrogens is 1. The lowest BCUT2D eigenvalue weighted by Crippen LogP contribution is -2.28. The SMILES string of the molecule is c1c[nH]c(-c2noc(C3Cc4ccccc4CN3)n2)c1. The summed E-state index contributed by atoms with van der Waals surface area (Å²) in [6.45, 7) is 0.834. The Labute approximate surface area is 116 Å². The molecule has 0 amide bonds.